The molecule has 2 aromatic rings. The van der Waals surface area contributed by atoms with Crippen molar-refractivity contribution in [3.63, 3.8) is 0 Å². The lowest BCUT2D eigenvalue weighted by Gasteiger charge is -2.29. The third-order valence-corrected chi connectivity index (χ3v) is 5.21. The molecule has 2 rings (SSSR count). The van der Waals surface area contributed by atoms with Crippen LogP contribution < -0.4 is 5.32 Å². The molecule has 0 aliphatic rings. The molecule has 110 valence electrons. The highest BCUT2D eigenvalue weighted by Crippen LogP contribution is 2.25. The second-order valence-corrected chi connectivity index (χ2v) is 6.68. The monoisotopic (exact) mass is 409 g/mol. The number of alkyl halides is 1. The van der Waals surface area contributed by atoms with E-state index in [4.69, 9.17) is 0 Å². The smallest absolute Gasteiger partial charge is 0.253 e. The molecule has 1 unspecified atom stereocenters. The van der Waals surface area contributed by atoms with E-state index in [1.165, 1.54) is 0 Å². The van der Waals surface area contributed by atoms with Gasteiger partial charge in [-0.1, -0.05) is 52.3 Å². The van der Waals surface area contributed by atoms with Gasteiger partial charge in [0.1, 0.15) is 0 Å². The van der Waals surface area contributed by atoms with Crippen molar-refractivity contribution in [2.45, 2.75) is 19.4 Å². The molecule has 0 aliphatic heterocycles. The van der Waals surface area contributed by atoms with Crippen LogP contribution in [0.25, 0.3) is 0 Å². The molecular formula is C17H17Br2NO. The summed E-state index contributed by atoms with van der Waals surface area (Å²) in [5.74, 6) is -0.0901. The Kier molecular flexibility index (Phi) is 5.22. The van der Waals surface area contributed by atoms with Crippen molar-refractivity contribution in [3.8, 4) is 0 Å². The Hall–Kier alpha value is -1.13. The first-order valence-corrected chi connectivity index (χ1v) is 8.58. The Morgan fingerprint density at radius 3 is 2.43 bits per heavy atom. The Morgan fingerprint density at radius 1 is 1.19 bits per heavy atom. The van der Waals surface area contributed by atoms with Crippen LogP contribution in [-0.2, 0) is 5.54 Å². The van der Waals surface area contributed by atoms with Crippen molar-refractivity contribution in [3.05, 3.63) is 69.7 Å². The van der Waals surface area contributed by atoms with Gasteiger partial charge in [-0.2, -0.15) is 0 Å². The van der Waals surface area contributed by atoms with Gasteiger partial charge in [0, 0.05) is 9.80 Å². The van der Waals surface area contributed by atoms with Gasteiger partial charge in [0.2, 0.25) is 0 Å². The molecule has 21 heavy (non-hydrogen) atoms. The topological polar surface area (TPSA) is 29.1 Å². The highest BCUT2D eigenvalue weighted by molar-refractivity contribution is 9.10. The minimum Gasteiger partial charge on any atom is -0.342 e. The van der Waals surface area contributed by atoms with Crippen molar-refractivity contribution in [2.24, 2.45) is 0 Å². The van der Waals surface area contributed by atoms with E-state index >= 15 is 0 Å². The summed E-state index contributed by atoms with van der Waals surface area (Å²) in [6.07, 6.45) is 0. The van der Waals surface area contributed by atoms with Crippen LogP contribution in [0.3, 0.4) is 0 Å². The van der Waals surface area contributed by atoms with Crippen LogP contribution >= 0.6 is 31.9 Å². The zero-order valence-electron chi connectivity index (χ0n) is 12.0. The Balaban J connectivity index is 2.28. The fourth-order valence-electron chi connectivity index (χ4n) is 2.11. The summed E-state index contributed by atoms with van der Waals surface area (Å²) in [4.78, 5) is 12.6. The van der Waals surface area contributed by atoms with Gasteiger partial charge in [-0.25, -0.2) is 0 Å². The molecule has 0 radical (unpaired) electrons. The summed E-state index contributed by atoms with van der Waals surface area (Å²) in [5, 5.41) is 3.76. The summed E-state index contributed by atoms with van der Waals surface area (Å²) in [7, 11) is 0. The lowest BCUT2D eigenvalue weighted by atomic mass is 9.94. The molecule has 0 aliphatic carbocycles. The van der Waals surface area contributed by atoms with E-state index in [1.54, 1.807) is 0 Å². The van der Waals surface area contributed by atoms with E-state index < -0.39 is 5.54 Å². The van der Waals surface area contributed by atoms with Crippen molar-refractivity contribution in [1.29, 1.82) is 0 Å². The van der Waals surface area contributed by atoms with Gasteiger partial charge in [0.15, 0.2) is 0 Å². The van der Waals surface area contributed by atoms with E-state index in [2.05, 4.69) is 37.2 Å². The number of halogens is 2. The normalized spacial score (nSPS) is 13.5. The number of aryl methyl sites for hydroxylation is 1. The lowest BCUT2D eigenvalue weighted by molar-refractivity contribution is 0.0913. The van der Waals surface area contributed by atoms with Gasteiger partial charge in [-0.15, -0.1) is 0 Å². The van der Waals surface area contributed by atoms with Crippen molar-refractivity contribution >= 4 is 37.8 Å². The van der Waals surface area contributed by atoms with Crippen LogP contribution in [0.15, 0.2) is 53.0 Å². The van der Waals surface area contributed by atoms with Crippen LogP contribution in [0.5, 0.6) is 0 Å². The maximum Gasteiger partial charge on any atom is 0.253 e. The van der Waals surface area contributed by atoms with E-state index in [9.17, 15) is 4.79 Å². The molecule has 0 aromatic heterocycles. The van der Waals surface area contributed by atoms with Crippen LogP contribution in [0.2, 0.25) is 0 Å². The maximum absolute atomic E-state index is 12.6. The Labute approximate surface area is 142 Å². The molecular weight excluding hydrogens is 394 g/mol. The highest BCUT2D eigenvalue weighted by atomic mass is 79.9. The first-order valence-electron chi connectivity index (χ1n) is 6.66. The van der Waals surface area contributed by atoms with Crippen LogP contribution in [0.1, 0.15) is 28.4 Å². The van der Waals surface area contributed by atoms with Crippen molar-refractivity contribution < 1.29 is 4.79 Å². The molecule has 0 saturated heterocycles. The number of rotatable bonds is 4. The highest BCUT2D eigenvalue weighted by Gasteiger charge is 2.28. The minimum absolute atomic E-state index is 0.0901. The van der Waals surface area contributed by atoms with Gasteiger partial charge >= 0.3 is 0 Å². The molecule has 1 N–H and O–H groups in total. The first-order chi connectivity index (χ1) is 9.96. The molecule has 0 spiro atoms. The van der Waals surface area contributed by atoms with Crippen LogP contribution in [-0.4, -0.2) is 11.2 Å². The van der Waals surface area contributed by atoms with Gasteiger partial charge in [0.25, 0.3) is 5.91 Å². The summed E-state index contributed by atoms with van der Waals surface area (Å²) in [5.41, 5.74) is 2.37. The molecule has 1 amide bonds. The number of amides is 1. The quantitative estimate of drug-likeness (QED) is 0.720. The fourth-order valence-corrected chi connectivity index (χ4v) is 3.25. The second kappa shape index (κ2) is 6.75. The van der Waals surface area contributed by atoms with Crippen LogP contribution in [0.4, 0.5) is 0 Å². The first kappa shape index (κ1) is 16.2. The maximum atomic E-state index is 12.6. The van der Waals surface area contributed by atoms with Gasteiger partial charge in [-0.3, -0.25) is 4.79 Å². The van der Waals surface area contributed by atoms with Crippen LogP contribution in [0, 0.1) is 6.92 Å². The third kappa shape index (κ3) is 3.74. The van der Waals surface area contributed by atoms with E-state index in [1.807, 2.05) is 62.4 Å². The molecule has 0 fully saturated rings. The number of carbonyl (C=O) groups excluding carboxylic acids is 1. The zero-order chi connectivity index (χ0) is 15.5. The number of nitrogens with one attached hydrogen (secondary N) is 1. The van der Waals surface area contributed by atoms with E-state index in [0.717, 1.165) is 15.6 Å². The molecule has 4 heteroatoms. The van der Waals surface area contributed by atoms with Gasteiger partial charge in [-0.05, 0) is 53.0 Å². The Bertz CT molecular complexity index is 642. The number of hydrogen-bond donors (Lipinski definition) is 1. The summed E-state index contributed by atoms with van der Waals surface area (Å²) in [6, 6.07) is 15.7. The average molecular weight is 411 g/mol. The SMILES string of the molecule is Cc1ccc(C(=O)NC(C)(CBr)c2ccccc2)c(Br)c1. The molecule has 0 bridgehead atoms. The minimum atomic E-state index is -0.456. The molecule has 0 heterocycles. The predicted octanol–water partition coefficient (Wildman–Crippen LogP) is 4.80. The zero-order valence-corrected chi connectivity index (χ0v) is 15.2. The fraction of sp³-hybridized carbons (Fsp3) is 0.235. The molecule has 0 saturated carbocycles. The standard InChI is InChI=1S/C17H17Br2NO/c1-12-8-9-14(15(19)10-12)16(21)20-17(2,11-18)13-6-4-3-5-7-13/h3-10H,11H2,1-2H3,(H,20,21). The van der Waals surface area contributed by atoms with E-state index in [0.29, 0.717) is 10.9 Å². The number of carbonyl (C=O) groups is 1. The third-order valence-electron chi connectivity index (χ3n) is 3.44. The van der Waals surface area contributed by atoms with E-state index in [-0.39, 0.29) is 5.91 Å². The Morgan fingerprint density at radius 2 is 1.86 bits per heavy atom. The number of benzene rings is 2. The predicted molar refractivity (Wildman–Crippen MR) is 93.9 cm³/mol. The number of hydrogen-bond acceptors (Lipinski definition) is 1. The molecule has 2 aromatic carbocycles. The van der Waals surface area contributed by atoms with Gasteiger partial charge in [0.05, 0.1) is 11.1 Å². The average Bonchev–Trinajstić information content (AvgIpc) is 2.47. The van der Waals surface area contributed by atoms with Gasteiger partial charge < -0.3 is 5.32 Å². The summed E-state index contributed by atoms with van der Waals surface area (Å²) >= 11 is 6.97. The van der Waals surface area contributed by atoms with Crippen molar-refractivity contribution in [2.75, 3.05) is 5.33 Å². The molecule has 2 nitrogen and oxygen atoms in total. The second-order valence-electron chi connectivity index (χ2n) is 5.27. The summed E-state index contributed by atoms with van der Waals surface area (Å²) in [6.45, 7) is 4.01. The largest absolute Gasteiger partial charge is 0.342 e. The molecule has 1 atom stereocenters. The summed E-state index contributed by atoms with van der Waals surface area (Å²) < 4.78 is 0.810. The van der Waals surface area contributed by atoms with Crippen molar-refractivity contribution in [1.82, 2.24) is 5.32 Å². The lowest BCUT2D eigenvalue weighted by Crippen LogP contribution is -2.45.